The fourth-order valence-electron chi connectivity index (χ4n) is 2.40. The summed E-state index contributed by atoms with van der Waals surface area (Å²) in [5.74, 6) is -1.72. The topological polar surface area (TPSA) is 114 Å². The van der Waals surface area contributed by atoms with Gasteiger partial charge in [-0.05, 0) is 35.7 Å². The highest BCUT2D eigenvalue weighted by molar-refractivity contribution is 9.10. The normalized spacial score (nSPS) is 14.8. The molecule has 2 rings (SSSR count). The van der Waals surface area contributed by atoms with Gasteiger partial charge in [-0.2, -0.15) is 0 Å². The van der Waals surface area contributed by atoms with Crippen LogP contribution in [-0.2, 0) is 21.9 Å². The molecule has 0 aliphatic heterocycles. The van der Waals surface area contributed by atoms with Gasteiger partial charge in [0.05, 0.1) is 5.92 Å². The number of anilines is 1. The molecule has 0 radical (unpaired) electrons. The molecule has 4 N–H and O–H groups in total. The van der Waals surface area contributed by atoms with Crippen molar-refractivity contribution in [2.24, 2.45) is 5.92 Å². The van der Waals surface area contributed by atoms with E-state index in [1.807, 2.05) is 6.07 Å². The Bertz CT molecular complexity index is 767. The van der Waals surface area contributed by atoms with E-state index in [-0.39, 0.29) is 18.7 Å². The number of aromatic nitrogens is 1. The summed E-state index contributed by atoms with van der Waals surface area (Å²) in [7, 11) is -3.64. The monoisotopic (exact) mass is 412 g/mol. The summed E-state index contributed by atoms with van der Waals surface area (Å²) < 4.78 is 13.3. The van der Waals surface area contributed by atoms with E-state index < -0.39 is 19.3 Å². The first kappa shape index (κ1) is 18.6. The first-order valence-corrected chi connectivity index (χ1v) is 10.1. The van der Waals surface area contributed by atoms with Crippen molar-refractivity contribution in [2.75, 3.05) is 11.9 Å². The van der Waals surface area contributed by atoms with Crippen molar-refractivity contribution in [1.82, 2.24) is 4.98 Å². The molecule has 2 aromatic rings. The Morgan fingerprint density at radius 1 is 1.29 bits per heavy atom. The molecule has 8 heteroatoms. The predicted octanol–water partition coefficient (Wildman–Crippen LogP) is 3.14. The van der Waals surface area contributed by atoms with Crippen LogP contribution in [0.3, 0.4) is 0 Å². The minimum Gasteiger partial charge on any atom is -0.481 e. The number of halogens is 1. The number of nitrogen functional groups attached to an aromatic ring is 1. The molecule has 2 unspecified atom stereocenters. The number of hydrogen-bond acceptors (Lipinski definition) is 4. The summed E-state index contributed by atoms with van der Waals surface area (Å²) in [6.07, 6.45) is 1.27. The number of benzene rings is 1. The molecular formula is C16H18BrN2O4P. The molecule has 0 bridgehead atoms. The average molecular weight is 413 g/mol. The Morgan fingerprint density at radius 3 is 2.62 bits per heavy atom. The predicted molar refractivity (Wildman–Crippen MR) is 96.0 cm³/mol. The summed E-state index contributed by atoms with van der Waals surface area (Å²) in [4.78, 5) is 25.6. The van der Waals surface area contributed by atoms with E-state index >= 15 is 0 Å². The number of pyridine rings is 1. The van der Waals surface area contributed by atoms with Gasteiger partial charge in [-0.25, -0.2) is 4.98 Å². The smallest absolute Gasteiger partial charge is 0.307 e. The van der Waals surface area contributed by atoms with Crippen molar-refractivity contribution < 1.29 is 19.4 Å². The molecule has 6 nitrogen and oxygen atoms in total. The SMILES string of the molecule is Nc1ccc(CC(CP(=O)(O)Cc2cccc(Br)c2)C(=O)O)cn1. The maximum atomic E-state index is 12.5. The van der Waals surface area contributed by atoms with Crippen molar-refractivity contribution in [1.29, 1.82) is 0 Å². The van der Waals surface area contributed by atoms with Crippen molar-refractivity contribution in [2.45, 2.75) is 12.6 Å². The van der Waals surface area contributed by atoms with Gasteiger partial charge in [0.15, 0.2) is 0 Å². The van der Waals surface area contributed by atoms with Crippen molar-refractivity contribution in [3.8, 4) is 0 Å². The van der Waals surface area contributed by atoms with Gasteiger partial charge in [0.25, 0.3) is 0 Å². The first-order valence-electron chi connectivity index (χ1n) is 7.24. The van der Waals surface area contributed by atoms with Crippen LogP contribution in [0.1, 0.15) is 11.1 Å². The molecule has 0 amide bonds. The van der Waals surface area contributed by atoms with Gasteiger partial charge in [-0.1, -0.05) is 34.1 Å². The molecule has 2 atom stereocenters. The summed E-state index contributed by atoms with van der Waals surface area (Å²) in [6.45, 7) is 0. The zero-order chi connectivity index (χ0) is 17.7. The van der Waals surface area contributed by atoms with Crippen LogP contribution in [0.5, 0.6) is 0 Å². The van der Waals surface area contributed by atoms with Crippen LogP contribution < -0.4 is 5.73 Å². The lowest BCUT2D eigenvalue weighted by molar-refractivity contribution is -0.141. The van der Waals surface area contributed by atoms with Gasteiger partial charge in [-0.3, -0.25) is 9.36 Å². The van der Waals surface area contributed by atoms with Crippen LogP contribution in [-0.4, -0.2) is 27.1 Å². The van der Waals surface area contributed by atoms with E-state index in [4.69, 9.17) is 5.73 Å². The van der Waals surface area contributed by atoms with Crippen LogP contribution >= 0.6 is 23.3 Å². The van der Waals surface area contributed by atoms with E-state index in [1.165, 1.54) is 6.20 Å². The molecule has 0 saturated carbocycles. The lowest BCUT2D eigenvalue weighted by Gasteiger charge is -2.17. The zero-order valence-corrected chi connectivity index (χ0v) is 15.3. The number of carboxylic acid groups (broad SMARTS) is 1. The van der Waals surface area contributed by atoms with Crippen LogP contribution in [0, 0.1) is 5.92 Å². The average Bonchev–Trinajstić information content (AvgIpc) is 2.48. The molecule has 1 aromatic heterocycles. The van der Waals surface area contributed by atoms with Crippen molar-refractivity contribution in [3.63, 3.8) is 0 Å². The second-order valence-electron chi connectivity index (χ2n) is 5.65. The van der Waals surface area contributed by atoms with Gasteiger partial charge >= 0.3 is 5.97 Å². The molecule has 1 aromatic carbocycles. The number of nitrogens with zero attached hydrogens (tertiary/aromatic N) is 1. The zero-order valence-electron chi connectivity index (χ0n) is 12.8. The lowest BCUT2D eigenvalue weighted by Crippen LogP contribution is -2.21. The lowest BCUT2D eigenvalue weighted by atomic mass is 10.0. The second kappa shape index (κ2) is 7.92. The van der Waals surface area contributed by atoms with Crippen LogP contribution in [0.4, 0.5) is 5.82 Å². The van der Waals surface area contributed by atoms with Gasteiger partial charge in [0, 0.05) is 23.0 Å². The molecule has 0 aliphatic carbocycles. The molecule has 128 valence electrons. The minimum atomic E-state index is -3.64. The maximum Gasteiger partial charge on any atom is 0.307 e. The number of carbonyl (C=O) groups is 1. The van der Waals surface area contributed by atoms with Gasteiger partial charge in [0.1, 0.15) is 5.82 Å². The third-order valence-electron chi connectivity index (χ3n) is 3.50. The molecule has 0 spiro atoms. The van der Waals surface area contributed by atoms with E-state index in [0.717, 1.165) is 4.47 Å². The quantitative estimate of drug-likeness (QED) is 0.601. The van der Waals surface area contributed by atoms with Gasteiger partial charge < -0.3 is 15.7 Å². The largest absolute Gasteiger partial charge is 0.481 e. The van der Waals surface area contributed by atoms with E-state index in [1.54, 1.807) is 30.3 Å². The van der Waals surface area contributed by atoms with Crippen LogP contribution in [0.15, 0.2) is 47.1 Å². The summed E-state index contributed by atoms with van der Waals surface area (Å²) in [6, 6.07) is 10.3. The van der Waals surface area contributed by atoms with E-state index in [2.05, 4.69) is 20.9 Å². The highest BCUT2D eigenvalue weighted by Crippen LogP contribution is 2.46. The van der Waals surface area contributed by atoms with E-state index in [0.29, 0.717) is 16.9 Å². The second-order valence-corrected chi connectivity index (χ2v) is 8.94. The van der Waals surface area contributed by atoms with Crippen LogP contribution in [0.2, 0.25) is 0 Å². The molecule has 1 heterocycles. The van der Waals surface area contributed by atoms with Crippen molar-refractivity contribution in [3.05, 3.63) is 58.2 Å². The fraction of sp³-hybridized carbons (Fsp3) is 0.250. The summed E-state index contributed by atoms with van der Waals surface area (Å²) in [5.41, 5.74) is 6.86. The molecule has 0 fully saturated rings. The standard InChI is InChI=1S/C16H18BrN2O4P/c17-14-3-1-2-12(7-14)9-24(22,23)10-13(16(20)21)6-11-4-5-15(18)19-8-11/h1-5,7-8,13H,6,9-10H2,(H2,18,19)(H,20,21)(H,22,23). The highest BCUT2D eigenvalue weighted by atomic mass is 79.9. The summed E-state index contributed by atoms with van der Waals surface area (Å²) >= 11 is 3.31. The molecule has 0 saturated heterocycles. The number of hydrogen-bond donors (Lipinski definition) is 3. The number of rotatable bonds is 7. The number of aliphatic carboxylic acids is 1. The van der Waals surface area contributed by atoms with Crippen molar-refractivity contribution >= 4 is 35.1 Å². The Kier molecular flexibility index (Phi) is 6.15. The Labute approximate surface area is 148 Å². The van der Waals surface area contributed by atoms with E-state index in [9.17, 15) is 19.4 Å². The van der Waals surface area contributed by atoms with Gasteiger partial charge in [-0.15, -0.1) is 0 Å². The Hall–Kier alpha value is -1.69. The Balaban J connectivity index is 2.09. The first-order chi connectivity index (χ1) is 11.2. The summed E-state index contributed by atoms with van der Waals surface area (Å²) in [5, 5.41) is 9.38. The van der Waals surface area contributed by atoms with Gasteiger partial charge in [0.2, 0.25) is 7.37 Å². The Morgan fingerprint density at radius 2 is 2.04 bits per heavy atom. The number of nitrogens with two attached hydrogens (primary N) is 1. The highest BCUT2D eigenvalue weighted by Gasteiger charge is 2.29. The molecule has 0 aliphatic rings. The third kappa shape index (κ3) is 5.74. The fourth-order valence-corrected chi connectivity index (χ4v) is 4.72. The number of carboxylic acids is 1. The molecular weight excluding hydrogens is 395 g/mol. The third-order valence-corrected chi connectivity index (χ3v) is 5.87. The van der Waals surface area contributed by atoms with Crippen LogP contribution in [0.25, 0.3) is 0 Å². The molecule has 24 heavy (non-hydrogen) atoms. The maximum absolute atomic E-state index is 12.5. The minimum absolute atomic E-state index is 0.0593.